The Morgan fingerprint density at radius 1 is 0.840 bits per heavy atom. The van der Waals surface area contributed by atoms with Gasteiger partial charge >= 0.3 is 0 Å². The van der Waals surface area contributed by atoms with Crippen molar-refractivity contribution in [3.05, 3.63) is 54.3 Å². The second kappa shape index (κ2) is 7.51. The number of halogens is 1. The summed E-state index contributed by atoms with van der Waals surface area (Å²) < 4.78 is 65.9. The van der Waals surface area contributed by atoms with E-state index in [0.717, 1.165) is 12.1 Å². The predicted molar refractivity (Wildman–Crippen MR) is 93.8 cm³/mol. The van der Waals surface area contributed by atoms with Crippen molar-refractivity contribution in [1.82, 2.24) is 4.31 Å². The van der Waals surface area contributed by atoms with Gasteiger partial charge < -0.3 is 0 Å². The van der Waals surface area contributed by atoms with Gasteiger partial charge in [-0.15, -0.1) is 0 Å². The van der Waals surface area contributed by atoms with Crippen LogP contribution in [-0.2, 0) is 20.0 Å². The molecule has 2 rings (SSSR count). The third-order valence-electron chi connectivity index (χ3n) is 3.57. The van der Waals surface area contributed by atoms with E-state index in [9.17, 15) is 21.2 Å². The molecule has 2 aromatic carbocycles. The van der Waals surface area contributed by atoms with Crippen molar-refractivity contribution in [3.63, 3.8) is 0 Å². The van der Waals surface area contributed by atoms with Crippen molar-refractivity contribution in [3.8, 4) is 0 Å². The van der Waals surface area contributed by atoms with Crippen LogP contribution in [-0.4, -0.2) is 34.2 Å². The SMILES string of the molecule is CCN(CC)S(=O)(=O)c1ccc(S(=O)(=O)Nc2ccc(F)cc2)cc1. The van der Waals surface area contributed by atoms with Gasteiger partial charge in [-0.25, -0.2) is 21.2 Å². The maximum absolute atomic E-state index is 12.9. The summed E-state index contributed by atoms with van der Waals surface area (Å²) in [4.78, 5) is -0.0627. The van der Waals surface area contributed by atoms with Gasteiger partial charge in [-0.1, -0.05) is 13.8 Å². The highest BCUT2D eigenvalue weighted by molar-refractivity contribution is 7.92. The summed E-state index contributed by atoms with van der Waals surface area (Å²) in [5.41, 5.74) is 0.209. The second-order valence-electron chi connectivity index (χ2n) is 5.17. The van der Waals surface area contributed by atoms with Gasteiger partial charge in [0.2, 0.25) is 10.0 Å². The Bertz CT molecular complexity index is 921. The number of nitrogens with zero attached hydrogens (tertiary/aromatic N) is 1. The van der Waals surface area contributed by atoms with Crippen molar-refractivity contribution in [2.75, 3.05) is 17.8 Å². The van der Waals surface area contributed by atoms with Crippen molar-refractivity contribution in [1.29, 1.82) is 0 Å². The van der Waals surface area contributed by atoms with E-state index in [1.54, 1.807) is 13.8 Å². The monoisotopic (exact) mass is 386 g/mol. The van der Waals surface area contributed by atoms with E-state index in [4.69, 9.17) is 0 Å². The number of hydrogen-bond donors (Lipinski definition) is 1. The summed E-state index contributed by atoms with van der Waals surface area (Å²) in [5, 5.41) is 0. The van der Waals surface area contributed by atoms with E-state index in [1.807, 2.05) is 0 Å². The van der Waals surface area contributed by atoms with Crippen LogP contribution in [0.25, 0.3) is 0 Å². The molecule has 2 aromatic rings. The van der Waals surface area contributed by atoms with E-state index >= 15 is 0 Å². The predicted octanol–water partition coefficient (Wildman–Crippen LogP) is 2.66. The first-order valence-corrected chi connectivity index (χ1v) is 10.5. The highest BCUT2D eigenvalue weighted by Crippen LogP contribution is 2.20. The van der Waals surface area contributed by atoms with E-state index in [2.05, 4.69) is 4.72 Å². The van der Waals surface area contributed by atoms with Crippen LogP contribution in [0.2, 0.25) is 0 Å². The van der Waals surface area contributed by atoms with Gasteiger partial charge in [0.05, 0.1) is 9.79 Å². The summed E-state index contributed by atoms with van der Waals surface area (Å²) in [6.07, 6.45) is 0. The average Bonchev–Trinajstić information content (AvgIpc) is 2.58. The molecule has 0 heterocycles. The van der Waals surface area contributed by atoms with Crippen molar-refractivity contribution < 1.29 is 21.2 Å². The maximum Gasteiger partial charge on any atom is 0.261 e. The summed E-state index contributed by atoms with van der Waals surface area (Å²) in [5.74, 6) is -0.478. The zero-order valence-corrected chi connectivity index (χ0v) is 15.4. The number of sulfonamides is 2. The van der Waals surface area contributed by atoms with Crippen molar-refractivity contribution in [2.45, 2.75) is 23.6 Å². The van der Waals surface area contributed by atoms with E-state index < -0.39 is 25.9 Å². The lowest BCUT2D eigenvalue weighted by molar-refractivity contribution is 0.445. The Morgan fingerprint density at radius 3 is 1.80 bits per heavy atom. The minimum Gasteiger partial charge on any atom is -0.280 e. The molecule has 25 heavy (non-hydrogen) atoms. The normalized spacial score (nSPS) is 12.3. The first-order chi connectivity index (χ1) is 11.7. The molecule has 0 bridgehead atoms. The minimum absolute atomic E-state index is 0.0249. The summed E-state index contributed by atoms with van der Waals surface area (Å²) in [6.45, 7) is 4.11. The van der Waals surface area contributed by atoms with Crippen molar-refractivity contribution >= 4 is 25.7 Å². The van der Waals surface area contributed by atoms with Crippen LogP contribution in [0.4, 0.5) is 10.1 Å². The van der Waals surface area contributed by atoms with Gasteiger partial charge in [0, 0.05) is 18.8 Å². The van der Waals surface area contributed by atoms with E-state index in [1.165, 1.54) is 40.7 Å². The van der Waals surface area contributed by atoms with Crippen LogP contribution in [0.15, 0.2) is 58.3 Å². The molecule has 0 atom stereocenters. The molecule has 0 saturated carbocycles. The average molecular weight is 386 g/mol. The molecule has 0 aliphatic heterocycles. The molecule has 0 fully saturated rings. The molecule has 0 aromatic heterocycles. The second-order valence-corrected chi connectivity index (χ2v) is 8.79. The van der Waals surface area contributed by atoms with Gasteiger partial charge in [0.25, 0.3) is 10.0 Å². The number of rotatable bonds is 7. The molecule has 0 aliphatic carbocycles. The first kappa shape index (κ1) is 19.4. The lowest BCUT2D eigenvalue weighted by atomic mass is 10.3. The zero-order chi connectivity index (χ0) is 18.7. The first-order valence-electron chi connectivity index (χ1n) is 7.59. The summed E-state index contributed by atoms with van der Waals surface area (Å²) in [6, 6.07) is 9.83. The standard InChI is InChI=1S/C16H19FN2O4S2/c1-3-19(4-2)25(22,23)16-11-9-15(10-12-16)24(20,21)18-14-7-5-13(17)6-8-14/h5-12,18H,3-4H2,1-2H3. The topological polar surface area (TPSA) is 83.6 Å². The quantitative estimate of drug-likeness (QED) is 0.793. The molecule has 0 aliphatic rings. The van der Waals surface area contributed by atoms with Crippen LogP contribution in [0.3, 0.4) is 0 Å². The van der Waals surface area contributed by atoms with Crippen LogP contribution in [0.5, 0.6) is 0 Å². The lowest BCUT2D eigenvalue weighted by Crippen LogP contribution is -2.30. The van der Waals surface area contributed by atoms with Gasteiger partial charge in [0.15, 0.2) is 0 Å². The van der Waals surface area contributed by atoms with Crippen LogP contribution in [0, 0.1) is 5.82 Å². The van der Waals surface area contributed by atoms with Crippen LogP contribution in [0.1, 0.15) is 13.8 Å². The fourth-order valence-corrected chi connectivity index (χ4v) is 4.75. The lowest BCUT2D eigenvalue weighted by Gasteiger charge is -2.18. The summed E-state index contributed by atoms with van der Waals surface area (Å²) in [7, 11) is -7.55. The highest BCUT2D eigenvalue weighted by atomic mass is 32.2. The molecule has 9 heteroatoms. The minimum atomic E-state index is -3.90. The number of hydrogen-bond acceptors (Lipinski definition) is 4. The van der Waals surface area contributed by atoms with E-state index in [-0.39, 0.29) is 15.5 Å². The number of nitrogens with one attached hydrogen (secondary N) is 1. The smallest absolute Gasteiger partial charge is 0.261 e. The molecule has 0 unspecified atom stereocenters. The molecular weight excluding hydrogens is 367 g/mol. The zero-order valence-electron chi connectivity index (χ0n) is 13.8. The Kier molecular flexibility index (Phi) is 5.81. The van der Waals surface area contributed by atoms with Crippen molar-refractivity contribution in [2.24, 2.45) is 0 Å². The Balaban J connectivity index is 2.28. The maximum atomic E-state index is 12.9. The fraction of sp³-hybridized carbons (Fsp3) is 0.250. The number of benzene rings is 2. The van der Waals surface area contributed by atoms with Gasteiger partial charge in [-0.2, -0.15) is 4.31 Å². The Hall–Kier alpha value is -1.97. The highest BCUT2D eigenvalue weighted by Gasteiger charge is 2.22. The molecule has 0 spiro atoms. The molecule has 0 amide bonds. The van der Waals surface area contributed by atoms with Crippen LogP contribution < -0.4 is 4.72 Å². The fourth-order valence-electron chi connectivity index (χ4n) is 2.24. The molecular formula is C16H19FN2O4S2. The van der Waals surface area contributed by atoms with Crippen LogP contribution >= 0.6 is 0 Å². The third kappa shape index (κ3) is 4.36. The largest absolute Gasteiger partial charge is 0.280 e. The van der Waals surface area contributed by atoms with Gasteiger partial charge in [0.1, 0.15) is 5.82 Å². The summed E-state index contributed by atoms with van der Waals surface area (Å²) >= 11 is 0. The molecule has 0 saturated heterocycles. The van der Waals surface area contributed by atoms with Gasteiger partial charge in [-0.3, -0.25) is 4.72 Å². The number of anilines is 1. The Labute approximate surface area is 147 Å². The van der Waals surface area contributed by atoms with Gasteiger partial charge in [-0.05, 0) is 48.5 Å². The third-order valence-corrected chi connectivity index (χ3v) is 7.03. The molecule has 1 N–H and O–H groups in total. The molecule has 136 valence electrons. The van der Waals surface area contributed by atoms with E-state index in [0.29, 0.717) is 13.1 Å². The molecule has 0 radical (unpaired) electrons. The molecule has 6 nitrogen and oxygen atoms in total. The Morgan fingerprint density at radius 2 is 1.32 bits per heavy atom.